The van der Waals surface area contributed by atoms with Gasteiger partial charge >= 0.3 is 0 Å². The molecule has 0 radical (unpaired) electrons. The van der Waals surface area contributed by atoms with Crippen LogP contribution >= 0.6 is 0 Å². The molecule has 0 bridgehead atoms. The second-order valence-corrected chi connectivity index (χ2v) is 4.93. The first-order valence-electron chi connectivity index (χ1n) is 5.75. The number of hydrogen-bond donors (Lipinski definition) is 1. The predicted molar refractivity (Wildman–Crippen MR) is 69.0 cm³/mol. The summed E-state index contributed by atoms with van der Waals surface area (Å²) in [4.78, 5) is 0. The van der Waals surface area contributed by atoms with E-state index in [0.717, 1.165) is 22.3 Å². The summed E-state index contributed by atoms with van der Waals surface area (Å²) in [5.41, 5.74) is 7.76. The molecular weight excluding hydrogens is 214 g/mol. The fourth-order valence-corrected chi connectivity index (χ4v) is 1.85. The fraction of sp³-hybridized carbons (Fsp3) is 0.429. The van der Waals surface area contributed by atoms with Gasteiger partial charge in [0.15, 0.2) is 0 Å². The summed E-state index contributed by atoms with van der Waals surface area (Å²) in [5.74, 6) is 0.765. The van der Waals surface area contributed by atoms with E-state index >= 15 is 0 Å². The van der Waals surface area contributed by atoms with Crippen molar-refractivity contribution in [3.05, 3.63) is 35.6 Å². The molecule has 2 rings (SSSR count). The summed E-state index contributed by atoms with van der Waals surface area (Å²) in [6, 6.07) is 7.79. The molecule has 1 aromatic carbocycles. The van der Waals surface area contributed by atoms with Gasteiger partial charge in [-0.2, -0.15) is 0 Å². The highest BCUT2D eigenvalue weighted by atomic mass is 16.5. The lowest BCUT2D eigenvalue weighted by Gasteiger charge is -2.28. The molecule has 1 aromatic heterocycles. The Bertz CT molecular complexity index is 528. The third-order valence-electron chi connectivity index (χ3n) is 3.34. The number of aryl methyl sites for hydroxylation is 1. The Labute approximate surface area is 102 Å². The van der Waals surface area contributed by atoms with E-state index in [0.29, 0.717) is 0 Å². The maximum atomic E-state index is 6.18. The van der Waals surface area contributed by atoms with Crippen molar-refractivity contribution in [2.24, 2.45) is 5.73 Å². The van der Waals surface area contributed by atoms with E-state index in [9.17, 15) is 0 Å². The fourth-order valence-electron chi connectivity index (χ4n) is 1.85. The Balaban J connectivity index is 2.47. The minimum atomic E-state index is -0.443. The zero-order valence-electron chi connectivity index (χ0n) is 10.8. The summed E-state index contributed by atoms with van der Waals surface area (Å²) in [7, 11) is 1.66. The largest absolute Gasteiger partial charge is 0.459 e. The van der Waals surface area contributed by atoms with Crippen molar-refractivity contribution in [3.8, 4) is 0 Å². The number of benzene rings is 1. The predicted octanol–water partition coefficient (Wildman–Crippen LogP) is 3.17. The first kappa shape index (κ1) is 12.1. The molecule has 0 saturated heterocycles. The molecule has 0 aliphatic carbocycles. The van der Waals surface area contributed by atoms with Crippen molar-refractivity contribution in [2.45, 2.75) is 32.4 Å². The van der Waals surface area contributed by atoms with E-state index in [-0.39, 0.29) is 6.04 Å². The summed E-state index contributed by atoms with van der Waals surface area (Å²) >= 11 is 0. The second kappa shape index (κ2) is 4.17. The maximum absolute atomic E-state index is 6.18. The second-order valence-electron chi connectivity index (χ2n) is 4.93. The first-order valence-corrected chi connectivity index (χ1v) is 5.75. The zero-order valence-corrected chi connectivity index (χ0v) is 10.8. The van der Waals surface area contributed by atoms with Crippen LogP contribution in [0.2, 0.25) is 0 Å². The molecule has 1 heterocycles. The van der Waals surface area contributed by atoms with E-state index in [2.05, 4.69) is 0 Å². The Kier molecular flexibility index (Phi) is 2.98. The highest BCUT2D eigenvalue weighted by Gasteiger charge is 2.30. The van der Waals surface area contributed by atoms with E-state index < -0.39 is 5.60 Å². The number of ether oxygens (including phenoxy) is 1. The summed E-state index contributed by atoms with van der Waals surface area (Å²) in [5, 5.41) is 1.09. The monoisotopic (exact) mass is 233 g/mol. The highest BCUT2D eigenvalue weighted by Crippen LogP contribution is 2.31. The van der Waals surface area contributed by atoms with Crippen molar-refractivity contribution in [2.75, 3.05) is 7.11 Å². The van der Waals surface area contributed by atoms with Crippen LogP contribution in [0.3, 0.4) is 0 Å². The lowest BCUT2D eigenvalue weighted by molar-refractivity contribution is -0.00494. The molecule has 2 aromatic rings. The lowest BCUT2D eigenvalue weighted by atomic mass is 9.97. The standard InChI is InChI=1S/C14H19NO2/c1-9-6-5-7-10-8-11(17-12(9)10)13(15)14(2,3)16-4/h5-8,13H,15H2,1-4H3. The van der Waals surface area contributed by atoms with Crippen LogP contribution < -0.4 is 5.73 Å². The Hall–Kier alpha value is -1.32. The van der Waals surface area contributed by atoms with Gasteiger partial charge in [-0.1, -0.05) is 18.2 Å². The highest BCUT2D eigenvalue weighted by molar-refractivity contribution is 5.81. The van der Waals surface area contributed by atoms with Crippen LogP contribution in [-0.2, 0) is 4.74 Å². The molecule has 1 unspecified atom stereocenters. The van der Waals surface area contributed by atoms with Gasteiger partial charge in [-0.25, -0.2) is 0 Å². The molecule has 0 aliphatic heterocycles. The van der Waals surface area contributed by atoms with Gasteiger partial charge in [-0.05, 0) is 32.4 Å². The van der Waals surface area contributed by atoms with Gasteiger partial charge in [0.25, 0.3) is 0 Å². The summed E-state index contributed by atoms with van der Waals surface area (Å²) in [6.07, 6.45) is 0. The van der Waals surface area contributed by atoms with Gasteiger partial charge in [-0.3, -0.25) is 0 Å². The zero-order chi connectivity index (χ0) is 12.6. The number of methoxy groups -OCH3 is 1. The average Bonchev–Trinajstić information content (AvgIpc) is 2.73. The van der Waals surface area contributed by atoms with Gasteiger partial charge in [0.1, 0.15) is 11.3 Å². The molecule has 17 heavy (non-hydrogen) atoms. The molecule has 3 nitrogen and oxygen atoms in total. The lowest BCUT2D eigenvalue weighted by Crippen LogP contribution is -2.36. The number of para-hydroxylation sites is 1. The van der Waals surface area contributed by atoms with Crippen LogP contribution in [0.1, 0.15) is 31.2 Å². The van der Waals surface area contributed by atoms with Crippen molar-refractivity contribution in [3.63, 3.8) is 0 Å². The van der Waals surface area contributed by atoms with Crippen LogP contribution in [0.5, 0.6) is 0 Å². The van der Waals surface area contributed by atoms with E-state index in [1.807, 2.05) is 45.0 Å². The van der Waals surface area contributed by atoms with Crippen molar-refractivity contribution in [1.29, 1.82) is 0 Å². The maximum Gasteiger partial charge on any atom is 0.137 e. The molecular formula is C14H19NO2. The smallest absolute Gasteiger partial charge is 0.137 e. The molecule has 0 saturated carbocycles. The normalized spacial score (nSPS) is 14.2. The number of hydrogen-bond acceptors (Lipinski definition) is 3. The van der Waals surface area contributed by atoms with Crippen LogP contribution in [0.15, 0.2) is 28.7 Å². The minimum Gasteiger partial charge on any atom is -0.459 e. The number of rotatable bonds is 3. The van der Waals surface area contributed by atoms with Crippen LogP contribution in [-0.4, -0.2) is 12.7 Å². The van der Waals surface area contributed by atoms with Crippen molar-refractivity contribution >= 4 is 11.0 Å². The minimum absolute atomic E-state index is 0.278. The van der Waals surface area contributed by atoms with E-state index in [1.165, 1.54) is 0 Å². The average molecular weight is 233 g/mol. The quantitative estimate of drug-likeness (QED) is 0.885. The van der Waals surface area contributed by atoms with Crippen molar-refractivity contribution < 1.29 is 9.15 Å². The van der Waals surface area contributed by atoms with Gasteiger partial charge < -0.3 is 14.9 Å². The third-order valence-corrected chi connectivity index (χ3v) is 3.34. The number of nitrogens with two attached hydrogens (primary N) is 1. The van der Waals surface area contributed by atoms with Crippen LogP contribution in [0.25, 0.3) is 11.0 Å². The van der Waals surface area contributed by atoms with Gasteiger partial charge in [0, 0.05) is 12.5 Å². The topological polar surface area (TPSA) is 48.4 Å². The Morgan fingerprint density at radius 1 is 1.35 bits per heavy atom. The van der Waals surface area contributed by atoms with Gasteiger partial charge in [0.2, 0.25) is 0 Å². The SMILES string of the molecule is COC(C)(C)C(N)c1cc2cccc(C)c2o1. The Morgan fingerprint density at radius 3 is 2.65 bits per heavy atom. The van der Waals surface area contributed by atoms with Crippen molar-refractivity contribution in [1.82, 2.24) is 0 Å². The van der Waals surface area contributed by atoms with Gasteiger partial charge in [-0.15, -0.1) is 0 Å². The molecule has 92 valence electrons. The molecule has 0 spiro atoms. The molecule has 0 fully saturated rings. The van der Waals surface area contributed by atoms with Crippen LogP contribution in [0.4, 0.5) is 0 Å². The number of furan rings is 1. The third kappa shape index (κ3) is 2.08. The molecule has 3 heteroatoms. The number of fused-ring (bicyclic) bond motifs is 1. The summed E-state index contributed by atoms with van der Waals surface area (Å²) in [6.45, 7) is 5.94. The van der Waals surface area contributed by atoms with Gasteiger partial charge in [0.05, 0.1) is 11.6 Å². The molecule has 0 aliphatic rings. The molecule has 1 atom stereocenters. The van der Waals surface area contributed by atoms with E-state index in [4.69, 9.17) is 14.9 Å². The first-order chi connectivity index (χ1) is 7.95. The van der Waals surface area contributed by atoms with E-state index in [1.54, 1.807) is 7.11 Å². The van der Waals surface area contributed by atoms with Crippen LogP contribution in [0, 0.1) is 6.92 Å². The molecule has 2 N–H and O–H groups in total. The summed E-state index contributed by atoms with van der Waals surface area (Å²) < 4.78 is 11.2. The molecule has 0 amide bonds. The Morgan fingerprint density at radius 2 is 2.06 bits per heavy atom.